The number of nitrogens with zero attached hydrogens (tertiary/aromatic N) is 2. The number of hydrogen-bond acceptors (Lipinski definition) is 5. The van der Waals surface area contributed by atoms with Gasteiger partial charge in [0.1, 0.15) is 0 Å². The van der Waals surface area contributed by atoms with Gasteiger partial charge in [-0.1, -0.05) is 26.0 Å². The van der Waals surface area contributed by atoms with Crippen LogP contribution >= 0.6 is 24.0 Å². The van der Waals surface area contributed by atoms with Crippen molar-refractivity contribution in [1.29, 1.82) is 0 Å². The van der Waals surface area contributed by atoms with Crippen LogP contribution in [0.5, 0.6) is 23.1 Å². The number of aromatic nitrogens is 1. The minimum absolute atomic E-state index is 0. The van der Waals surface area contributed by atoms with Gasteiger partial charge in [-0.15, -0.1) is 24.0 Å². The van der Waals surface area contributed by atoms with Gasteiger partial charge in [0.25, 0.3) is 0 Å². The van der Waals surface area contributed by atoms with Crippen molar-refractivity contribution in [2.24, 2.45) is 10.9 Å². The first-order valence-corrected chi connectivity index (χ1v) is 9.93. The van der Waals surface area contributed by atoms with Crippen LogP contribution in [0.1, 0.15) is 32.8 Å². The maximum absolute atomic E-state index is 5.90. The molecule has 0 saturated carbocycles. The molecular weight excluding hydrogens is 495 g/mol. The van der Waals surface area contributed by atoms with Crippen molar-refractivity contribution >= 4 is 29.9 Å². The lowest BCUT2D eigenvalue weighted by atomic mass is 10.1. The number of ether oxygens (including phenoxy) is 3. The van der Waals surface area contributed by atoms with E-state index in [-0.39, 0.29) is 24.0 Å². The largest absolute Gasteiger partial charge is 0.493 e. The highest BCUT2D eigenvalue weighted by molar-refractivity contribution is 14.0. The first kappa shape index (κ1) is 25.8. The number of hydrogen-bond donors (Lipinski definition) is 2. The van der Waals surface area contributed by atoms with E-state index in [0.29, 0.717) is 35.6 Å². The quantitative estimate of drug-likeness (QED) is 0.267. The van der Waals surface area contributed by atoms with E-state index in [9.17, 15) is 0 Å². The van der Waals surface area contributed by atoms with Crippen LogP contribution in [-0.2, 0) is 6.54 Å². The molecule has 2 aromatic rings. The van der Waals surface area contributed by atoms with E-state index in [1.807, 2.05) is 30.3 Å². The number of aliphatic imine (C=N–C) groups is 1. The van der Waals surface area contributed by atoms with E-state index in [2.05, 4.69) is 41.4 Å². The average molecular weight is 528 g/mol. The van der Waals surface area contributed by atoms with Crippen molar-refractivity contribution in [2.75, 3.05) is 27.3 Å². The van der Waals surface area contributed by atoms with Crippen molar-refractivity contribution in [3.05, 3.63) is 42.1 Å². The molecular formula is C22H33IN4O3. The van der Waals surface area contributed by atoms with E-state index in [0.717, 1.165) is 31.0 Å². The van der Waals surface area contributed by atoms with Crippen LogP contribution < -0.4 is 24.8 Å². The van der Waals surface area contributed by atoms with Gasteiger partial charge in [-0.3, -0.25) is 0 Å². The highest BCUT2D eigenvalue weighted by atomic mass is 127. The molecule has 0 atom stereocenters. The lowest BCUT2D eigenvalue weighted by Crippen LogP contribution is -2.38. The zero-order valence-electron chi connectivity index (χ0n) is 18.4. The molecule has 2 N–H and O–H groups in total. The predicted molar refractivity (Wildman–Crippen MR) is 132 cm³/mol. The van der Waals surface area contributed by atoms with Crippen LogP contribution in [0, 0.1) is 5.92 Å². The number of methoxy groups -OCH3 is 2. The molecule has 0 radical (unpaired) electrons. The Morgan fingerprint density at radius 1 is 1.07 bits per heavy atom. The molecule has 1 aromatic carbocycles. The summed E-state index contributed by atoms with van der Waals surface area (Å²) < 4.78 is 16.6. The third kappa shape index (κ3) is 8.25. The fourth-order valence-electron chi connectivity index (χ4n) is 2.58. The Labute approximate surface area is 196 Å². The van der Waals surface area contributed by atoms with Crippen molar-refractivity contribution in [3.63, 3.8) is 0 Å². The van der Waals surface area contributed by atoms with E-state index in [1.165, 1.54) is 0 Å². The number of nitrogens with one attached hydrogen (secondary N) is 2. The molecule has 0 aliphatic carbocycles. The number of rotatable bonds is 10. The van der Waals surface area contributed by atoms with Gasteiger partial charge < -0.3 is 24.8 Å². The van der Waals surface area contributed by atoms with Crippen molar-refractivity contribution in [2.45, 2.75) is 33.7 Å². The van der Waals surface area contributed by atoms with Crippen LogP contribution in [0.15, 0.2) is 41.5 Å². The zero-order valence-corrected chi connectivity index (χ0v) is 20.7. The summed E-state index contributed by atoms with van der Waals surface area (Å²) in [6.45, 7) is 8.72. The lowest BCUT2D eigenvalue weighted by molar-refractivity contribution is 0.342. The number of guanidine groups is 1. The minimum atomic E-state index is 0. The van der Waals surface area contributed by atoms with Gasteiger partial charge in [-0.05, 0) is 37.0 Å². The monoisotopic (exact) mass is 528 g/mol. The number of halogens is 1. The first-order valence-electron chi connectivity index (χ1n) is 9.93. The molecule has 0 bridgehead atoms. The van der Waals surface area contributed by atoms with Crippen molar-refractivity contribution < 1.29 is 14.2 Å². The Morgan fingerprint density at radius 3 is 2.30 bits per heavy atom. The van der Waals surface area contributed by atoms with Crippen molar-refractivity contribution in [1.82, 2.24) is 15.6 Å². The molecule has 7 nitrogen and oxygen atoms in total. The Balaban J connectivity index is 0.00000450. The highest BCUT2D eigenvalue weighted by Crippen LogP contribution is 2.39. The topological polar surface area (TPSA) is 77.0 Å². The van der Waals surface area contributed by atoms with E-state index in [1.54, 1.807) is 20.4 Å². The first-order chi connectivity index (χ1) is 14.1. The Morgan fingerprint density at radius 2 is 1.77 bits per heavy atom. The Kier molecular flexibility index (Phi) is 12.0. The summed E-state index contributed by atoms with van der Waals surface area (Å²) in [4.78, 5) is 9.01. The molecule has 30 heavy (non-hydrogen) atoms. The molecule has 0 aliphatic rings. The van der Waals surface area contributed by atoms with E-state index in [4.69, 9.17) is 14.2 Å². The molecule has 1 heterocycles. The van der Waals surface area contributed by atoms with Gasteiger partial charge >= 0.3 is 0 Å². The molecule has 0 aliphatic heterocycles. The third-order valence-electron chi connectivity index (χ3n) is 4.16. The van der Waals surface area contributed by atoms with Crippen LogP contribution in [0.2, 0.25) is 0 Å². The second-order valence-corrected chi connectivity index (χ2v) is 6.90. The molecule has 0 fully saturated rings. The number of pyridine rings is 1. The second kappa shape index (κ2) is 13.9. The van der Waals surface area contributed by atoms with Crippen molar-refractivity contribution in [3.8, 4) is 23.1 Å². The molecule has 0 spiro atoms. The number of benzene rings is 1. The second-order valence-electron chi connectivity index (χ2n) is 6.90. The molecule has 166 valence electrons. The standard InChI is InChI=1S/C22H32N4O3.HI/c1-6-23-22(24-13-12-16(2)3)26-15-17-10-11-20(25-14-17)29-21-18(27-4)8-7-9-19(21)28-5;/h7-11,14,16H,6,12-13,15H2,1-5H3,(H2,23,24,26);1H. The molecule has 8 heteroatoms. The number of para-hydroxylation sites is 1. The Hall–Kier alpha value is -2.23. The van der Waals surface area contributed by atoms with Gasteiger partial charge in [0.15, 0.2) is 17.5 Å². The van der Waals surface area contributed by atoms with Crippen LogP contribution in [0.25, 0.3) is 0 Å². The fraction of sp³-hybridized carbons (Fsp3) is 0.455. The zero-order chi connectivity index (χ0) is 21.1. The maximum Gasteiger partial charge on any atom is 0.219 e. The van der Waals surface area contributed by atoms with Gasteiger partial charge in [-0.2, -0.15) is 0 Å². The normalized spacial score (nSPS) is 10.9. The Bertz CT molecular complexity index is 760. The summed E-state index contributed by atoms with van der Waals surface area (Å²) in [6.07, 6.45) is 2.86. The predicted octanol–water partition coefficient (Wildman–Crippen LogP) is 4.61. The molecule has 1 aromatic heterocycles. The van der Waals surface area contributed by atoms with Gasteiger partial charge in [-0.25, -0.2) is 9.98 Å². The molecule has 0 unspecified atom stereocenters. The average Bonchev–Trinajstić information content (AvgIpc) is 2.73. The summed E-state index contributed by atoms with van der Waals surface area (Å²) in [7, 11) is 3.18. The summed E-state index contributed by atoms with van der Waals surface area (Å²) in [5, 5.41) is 6.62. The van der Waals surface area contributed by atoms with Crippen LogP contribution in [-0.4, -0.2) is 38.3 Å². The van der Waals surface area contributed by atoms with Crippen LogP contribution in [0.4, 0.5) is 0 Å². The smallest absolute Gasteiger partial charge is 0.219 e. The molecule has 0 amide bonds. The van der Waals surface area contributed by atoms with Gasteiger partial charge in [0, 0.05) is 25.4 Å². The summed E-state index contributed by atoms with van der Waals surface area (Å²) in [5.41, 5.74) is 0.991. The van der Waals surface area contributed by atoms with E-state index < -0.39 is 0 Å². The molecule has 2 rings (SSSR count). The minimum Gasteiger partial charge on any atom is -0.493 e. The SMILES string of the molecule is CCNC(=NCc1ccc(Oc2c(OC)cccc2OC)nc1)NCCC(C)C.I. The van der Waals surface area contributed by atoms with Gasteiger partial charge in [0.2, 0.25) is 11.6 Å². The highest BCUT2D eigenvalue weighted by Gasteiger charge is 2.13. The fourth-order valence-corrected chi connectivity index (χ4v) is 2.58. The van der Waals surface area contributed by atoms with E-state index >= 15 is 0 Å². The molecule has 0 saturated heterocycles. The summed E-state index contributed by atoms with van der Waals surface area (Å²) in [5.74, 6) is 3.60. The maximum atomic E-state index is 5.90. The summed E-state index contributed by atoms with van der Waals surface area (Å²) in [6, 6.07) is 9.24. The summed E-state index contributed by atoms with van der Waals surface area (Å²) >= 11 is 0. The third-order valence-corrected chi connectivity index (χ3v) is 4.16. The lowest BCUT2D eigenvalue weighted by Gasteiger charge is -2.13. The van der Waals surface area contributed by atoms with Crippen LogP contribution in [0.3, 0.4) is 0 Å². The van der Waals surface area contributed by atoms with Gasteiger partial charge in [0.05, 0.1) is 20.8 Å².